The SMILES string of the molecule is O=C(CCOCCOCCOCCC(=O)Oc1c(Cl)cccc1Cl)Nc1cccc(=O)n1O. The number of nitrogens with one attached hydrogen (secondary N) is 1. The summed E-state index contributed by atoms with van der Waals surface area (Å²) in [7, 11) is 0. The molecule has 1 aromatic heterocycles. The molecule has 0 atom stereocenters. The molecule has 180 valence electrons. The highest BCUT2D eigenvalue weighted by molar-refractivity contribution is 6.37. The van der Waals surface area contributed by atoms with Gasteiger partial charge in [0, 0.05) is 6.07 Å². The molecule has 1 heterocycles. The Morgan fingerprint density at radius 1 is 0.848 bits per heavy atom. The summed E-state index contributed by atoms with van der Waals surface area (Å²) in [5.41, 5.74) is -0.646. The number of rotatable bonds is 14. The number of ether oxygens (including phenoxy) is 4. The number of carbonyl (C=O) groups excluding carboxylic acids is 2. The minimum Gasteiger partial charge on any atom is -0.423 e. The van der Waals surface area contributed by atoms with Crippen LogP contribution in [0.3, 0.4) is 0 Å². The minimum absolute atomic E-state index is 0.0169. The summed E-state index contributed by atoms with van der Waals surface area (Å²) in [5.74, 6) is -0.817. The van der Waals surface area contributed by atoms with Gasteiger partial charge in [-0.2, -0.15) is 0 Å². The molecule has 0 saturated heterocycles. The van der Waals surface area contributed by atoms with Crippen LogP contribution in [-0.2, 0) is 23.8 Å². The number of amides is 1. The van der Waals surface area contributed by atoms with Crippen LogP contribution < -0.4 is 15.6 Å². The van der Waals surface area contributed by atoms with Crippen molar-refractivity contribution in [1.29, 1.82) is 0 Å². The van der Waals surface area contributed by atoms with Crippen LogP contribution in [-0.4, -0.2) is 61.5 Å². The van der Waals surface area contributed by atoms with Crippen LogP contribution in [0.15, 0.2) is 41.2 Å². The van der Waals surface area contributed by atoms with Crippen molar-refractivity contribution in [3.63, 3.8) is 0 Å². The molecule has 2 N–H and O–H groups in total. The Balaban J connectivity index is 1.44. The van der Waals surface area contributed by atoms with E-state index in [9.17, 15) is 19.6 Å². The van der Waals surface area contributed by atoms with Gasteiger partial charge in [0.2, 0.25) is 5.91 Å². The van der Waals surface area contributed by atoms with E-state index in [-0.39, 0.29) is 60.9 Å². The molecule has 2 rings (SSSR count). The van der Waals surface area contributed by atoms with Crippen molar-refractivity contribution in [2.75, 3.05) is 45.0 Å². The average Bonchev–Trinajstić information content (AvgIpc) is 2.78. The number of aromatic nitrogens is 1. The number of pyridine rings is 1. The highest BCUT2D eigenvalue weighted by Crippen LogP contribution is 2.32. The fraction of sp³-hybridized carbons (Fsp3) is 0.381. The van der Waals surface area contributed by atoms with Crippen molar-refractivity contribution in [2.45, 2.75) is 12.8 Å². The Morgan fingerprint density at radius 3 is 2.03 bits per heavy atom. The fourth-order valence-corrected chi connectivity index (χ4v) is 2.86. The molecule has 1 aromatic carbocycles. The Kier molecular flexibility index (Phi) is 11.7. The Hall–Kier alpha value is -2.63. The maximum Gasteiger partial charge on any atom is 0.313 e. The van der Waals surface area contributed by atoms with Gasteiger partial charge in [-0.3, -0.25) is 14.4 Å². The largest absolute Gasteiger partial charge is 0.423 e. The van der Waals surface area contributed by atoms with Crippen LogP contribution in [0.5, 0.6) is 5.75 Å². The number of esters is 1. The van der Waals surface area contributed by atoms with Crippen molar-refractivity contribution in [3.8, 4) is 5.75 Å². The van der Waals surface area contributed by atoms with Crippen LogP contribution in [0.1, 0.15) is 12.8 Å². The molecule has 0 aliphatic rings. The standard InChI is InChI=1S/C21H24Cl2N2O8/c22-15-3-1-4-16(23)21(15)33-20(28)8-10-31-12-14-32-13-11-30-9-7-18(26)24-17-5-2-6-19(27)25(17)29/h1-6,29H,7-14H2,(H,24,26). The zero-order valence-electron chi connectivity index (χ0n) is 17.6. The van der Waals surface area contributed by atoms with Crippen molar-refractivity contribution >= 4 is 40.9 Å². The van der Waals surface area contributed by atoms with E-state index in [1.165, 1.54) is 12.1 Å². The molecule has 12 heteroatoms. The first-order valence-electron chi connectivity index (χ1n) is 9.97. The van der Waals surface area contributed by atoms with Crippen molar-refractivity contribution in [1.82, 2.24) is 4.73 Å². The number of hydrogen-bond donors (Lipinski definition) is 2. The predicted octanol–water partition coefficient (Wildman–Crippen LogP) is 2.77. The highest BCUT2D eigenvalue weighted by Gasteiger charge is 2.12. The number of benzene rings is 1. The fourth-order valence-electron chi connectivity index (χ4n) is 2.39. The van der Waals surface area contributed by atoms with E-state index < -0.39 is 17.4 Å². The number of anilines is 1. The van der Waals surface area contributed by atoms with Gasteiger partial charge in [0.1, 0.15) is 0 Å². The maximum absolute atomic E-state index is 11.8. The summed E-state index contributed by atoms with van der Waals surface area (Å²) < 4.78 is 21.4. The van der Waals surface area contributed by atoms with E-state index in [0.29, 0.717) is 17.9 Å². The lowest BCUT2D eigenvalue weighted by atomic mass is 10.3. The minimum atomic E-state index is -0.646. The molecule has 0 bridgehead atoms. The van der Waals surface area contributed by atoms with Crippen LogP contribution in [0, 0.1) is 0 Å². The third-order valence-corrected chi connectivity index (χ3v) is 4.60. The van der Waals surface area contributed by atoms with Gasteiger partial charge in [0.25, 0.3) is 5.56 Å². The van der Waals surface area contributed by atoms with Crippen LogP contribution in [0.25, 0.3) is 0 Å². The lowest BCUT2D eigenvalue weighted by Crippen LogP contribution is -2.23. The van der Waals surface area contributed by atoms with E-state index in [1.54, 1.807) is 18.2 Å². The van der Waals surface area contributed by atoms with Gasteiger partial charge in [0.15, 0.2) is 11.6 Å². The molecule has 2 aromatic rings. The van der Waals surface area contributed by atoms with E-state index in [0.717, 1.165) is 6.07 Å². The molecule has 0 radical (unpaired) electrons. The molecular weight excluding hydrogens is 479 g/mol. The summed E-state index contributed by atoms with van der Waals surface area (Å²) in [4.78, 5) is 34.9. The first-order chi connectivity index (χ1) is 15.9. The first-order valence-corrected chi connectivity index (χ1v) is 10.7. The van der Waals surface area contributed by atoms with Crippen LogP contribution in [0.2, 0.25) is 10.0 Å². The highest BCUT2D eigenvalue weighted by atomic mass is 35.5. The van der Waals surface area contributed by atoms with E-state index in [2.05, 4.69) is 5.32 Å². The monoisotopic (exact) mass is 502 g/mol. The summed E-state index contributed by atoms with van der Waals surface area (Å²) in [6, 6.07) is 8.77. The Bertz CT molecular complexity index is 963. The third kappa shape index (κ3) is 9.80. The van der Waals surface area contributed by atoms with E-state index in [1.807, 2.05) is 0 Å². The van der Waals surface area contributed by atoms with Gasteiger partial charge in [-0.15, -0.1) is 4.73 Å². The van der Waals surface area contributed by atoms with Crippen molar-refractivity contribution in [2.24, 2.45) is 0 Å². The quantitative estimate of drug-likeness (QED) is 0.175. The Labute approximate surface area is 199 Å². The summed E-state index contributed by atoms with van der Waals surface area (Å²) in [6.07, 6.45) is 0.0732. The second-order valence-corrected chi connectivity index (χ2v) is 7.29. The smallest absolute Gasteiger partial charge is 0.313 e. The van der Waals surface area contributed by atoms with Gasteiger partial charge >= 0.3 is 5.97 Å². The topological polar surface area (TPSA) is 125 Å². The van der Waals surface area contributed by atoms with Crippen molar-refractivity contribution < 1.29 is 33.7 Å². The number of hydrogen-bond acceptors (Lipinski definition) is 8. The molecule has 1 amide bonds. The molecular formula is C21H24Cl2N2O8. The molecule has 0 spiro atoms. The first kappa shape index (κ1) is 26.6. The second-order valence-electron chi connectivity index (χ2n) is 6.47. The van der Waals surface area contributed by atoms with E-state index >= 15 is 0 Å². The van der Waals surface area contributed by atoms with Gasteiger partial charge in [-0.25, -0.2) is 0 Å². The molecule has 33 heavy (non-hydrogen) atoms. The number of carbonyl (C=O) groups is 2. The zero-order chi connectivity index (χ0) is 24.1. The van der Waals surface area contributed by atoms with Crippen LogP contribution >= 0.6 is 23.2 Å². The van der Waals surface area contributed by atoms with Gasteiger partial charge in [0.05, 0.1) is 62.5 Å². The molecule has 0 aliphatic carbocycles. The molecule has 0 aliphatic heterocycles. The average molecular weight is 503 g/mol. The zero-order valence-corrected chi connectivity index (χ0v) is 19.1. The maximum atomic E-state index is 11.8. The normalized spacial score (nSPS) is 10.7. The molecule has 0 saturated carbocycles. The lowest BCUT2D eigenvalue weighted by Gasteiger charge is -2.09. The Morgan fingerprint density at radius 2 is 1.39 bits per heavy atom. The second kappa shape index (κ2) is 14.5. The summed E-state index contributed by atoms with van der Waals surface area (Å²) in [5, 5.41) is 12.4. The number of halogens is 2. The van der Waals surface area contributed by atoms with Crippen LogP contribution in [0.4, 0.5) is 5.82 Å². The van der Waals surface area contributed by atoms with Gasteiger partial charge in [-0.1, -0.05) is 35.3 Å². The third-order valence-electron chi connectivity index (χ3n) is 4.00. The number of para-hydroxylation sites is 1. The van der Waals surface area contributed by atoms with E-state index in [4.69, 9.17) is 42.1 Å². The number of nitrogens with zero attached hydrogens (tertiary/aromatic N) is 1. The molecule has 0 fully saturated rings. The lowest BCUT2D eigenvalue weighted by molar-refractivity contribution is -0.135. The molecule has 0 unspecified atom stereocenters. The summed E-state index contributed by atoms with van der Waals surface area (Å²) >= 11 is 11.9. The van der Waals surface area contributed by atoms with Gasteiger partial charge in [-0.05, 0) is 18.2 Å². The van der Waals surface area contributed by atoms with Crippen molar-refractivity contribution in [3.05, 3.63) is 56.8 Å². The van der Waals surface area contributed by atoms with Gasteiger partial charge < -0.3 is 29.5 Å². The summed E-state index contributed by atoms with van der Waals surface area (Å²) in [6.45, 7) is 1.45. The predicted molar refractivity (Wildman–Crippen MR) is 120 cm³/mol. The molecule has 10 nitrogen and oxygen atoms in total.